The molecule has 156 valence electrons. The van der Waals surface area contributed by atoms with Crippen LogP contribution < -0.4 is 10.1 Å². The Balaban J connectivity index is 1.49. The van der Waals surface area contributed by atoms with E-state index in [2.05, 4.69) is 31.9 Å². The summed E-state index contributed by atoms with van der Waals surface area (Å²) in [5.41, 5.74) is -0.00281. The van der Waals surface area contributed by atoms with Crippen molar-refractivity contribution >= 4 is 17.3 Å². The van der Waals surface area contributed by atoms with Gasteiger partial charge >= 0.3 is 0 Å². The van der Waals surface area contributed by atoms with Crippen molar-refractivity contribution in [2.75, 3.05) is 32.1 Å². The number of nitrogens with zero attached hydrogens (tertiary/aromatic N) is 5. The van der Waals surface area contributed by atoms with Gasteiger partial charge < -0.3 is 19.5 Å². The van der Waals surface area contributed by atoms with Crippen LogP contribution in [0.5, 0.6) is 5.75 Å². The highest BCUT2D eigenvalue weighted by atomic mass is 16.6. The molecule has 2 aromatic rings. The molecule has 1 fully saturated rings. The largest absolute Gasteiger partial charge is 0.496 e. The van der Waals surface area contributed by atoms with Gasteiger partial charge in [-0.1, -0.05) is 0 Å². The van der Waals surface area contributed by atoms with E-state index in [1.807, 2.05) is 0 Å². The summed E-state index contributed by atoms with van der Waals surface area (Å²) >= 11 is 0. The summed E-state index contributed by atoms with van der Waals surface area (Å²) in [5, 5.41) is 22.1. The van der Waals surface area contributed by atoms with E-state index >= 15 is 0 Å². The van der Waals surface area contributed by atoms with Crippen molar-refractivity contribution in [3.63, 3.8) is 0 Å². The van der Waals surface area contributed by atoms with E-state index in [9.17, 15) is 14.9 Å². The molecule has 1 amide bonds. The Bertz CT molecular complexity index is 860. The fraction of sp³-hybridized carbons (Fsp3) is 0.526. The second-order valence-electron chi connectivity index (χ2n) is 7.03. The number of likely N-dealkylation sites (tertiary alicyclic amines) is 1. The van der Waals surface area contributed by atoms with Gasteiger partial charge in [-0.05, 0) is 45.0 Å². The minimum atomic E-state index is -0.530. The minimum Gasteiger partial charge on any atom is -0.496 e. The summed E-state index contributed by atoms with van der Waals surface area (Å²) in [6.45, 7) is 5.32. The molecule has 1 N–H and O–H groups in total. The van der Waals surface area contributed by atoms with Gasteiger partial charge in [0.1, 0.15) is 23.6 Å². The van der Waals surface area contributed by atoms with Crippen molar-refractivity contribution in [3.8, 4) is 5.75 Å². The molecule has 0 aliphatic carbocycles. The van der Waals surface area contributed by atoms with E-state index in [0.29, 0.717) is 18.2 Å². The van der Waals surface area contributed by atoms with Gasteiger partial charge in [0.25, 0.3) is 5.69 Å². The average molecular weight is 402 g/mol. The molecule has 0 spiro atoms. The molecule has 0 atom stereocenters. The third-order valence-electron chi connectivity index (χ3n) is 5.27. The second-order valence-corrected chi connectivity index (χ2v) is 7.03. The Morgan fingerprint density at radius 2 is 2.14 bits per heavy atom. The van der Waals surface area contributed by atoms with Crippen LogP contribution >= 0.6 is 0 Å². The van der Waals surface area contributed by atoms with E-state index in [0.717, 1.165) is 38.3 Å². The van der Waals surface area contributed by atoms with Gasteiger partial charge in [0.05, 0.1) is 18.1 Å². The molecular weight excluding hydrogens is 376 g/mol. The summed E-state index contributed by atoms with van der Waals surface area (Å²) in [6, 6.07) is 4.38. The van der Waals surface area contributed by atoms with Crippen LogP contribution in [0, 0.1) is 10.1 Å². The summed E-state index contributed by atoms with van der Waals surface area (Å²) in [7, 11) is 1.44. The number of ether oxygens (including phenoxy) is 1. The number of aromatic nitrogens is 3. The Morgan fingerprint density at radius 3 is 2.79 bits per heavy atom. The van der Waals surface area contributed by atoms with E-state index in [1.54, 1.807) is 12.4 Å². The summed E-state index contributed by atoms with van der Waals surface area (Å²) in [5.74, 6) is 1.56. The van der Waals surface area contributed by atoms with Crippen molar-refractivity contribution in [3.05, 3.63) is 40.5 Å². The first-order valence-corrected chi connectivity index (χ1v) is 9.74. The molecule has 0 radical (unpaired) electrons. The van der Waals surface area contributed by atoms with E-state index in [-0.39, 0.29) is 23.7 Å². The Hall–Kier alpha value is -3.01. The first kappa shape index (κ1) is 20.7. The molecule has 10 nitrogen and oxygen atoms in total. The number of benzene rings is 1. The number of piperidine rings is 1. The second kappa shape index (κ2) is 9.46. The summed E-state index contributed by atoms with van der Waals surface area (Å²) in [6.07, 6.45) is 4.00. The van der Waals surface area contributed by atoms with Crippen LogP contribution in [0.15, 0.2) is 24.5 Å². The van der Waals surface area contributed by atoms with E-state index < -0.39 is 4.92 Å². The lowest BCUT2D eigenvalue weighted by Gasteiger charge is -2.31. The van der Waals surface area contributed by atoms with Gasteiger partial charge in [0, 0.05) is 25.4 Å². The van der Waals surface area contributed by atoms with Crippen LogP contribution in [-0.2, 0) is 11.3 Å². The fourth-order valence-corrected chi connectivity index (χ4v) is 3.61. The highest BCUT2D eigenvalue weighted by molar-refractivity contribution is 5.93. The lowest BCUT2D eigenvalue weighted by atomic mass is 9.96. The summed E-state index contributed by atoms with van der Waals surface area (Å²) in [4.78, 5) is 25.2. The maximum Gasteiger partial charge on any atom is 0.296 e. The number of amides is 1. The van der Waals surface area contributed by atoms with Gasteiger partial charge in [0.15, 0.2) is 0 Å². The monoisotopic (exact) mass is 402 g/mol. The normalized spacial score (nSPS) is 15.2. The number of nitro groups is 1. The molecule has 1 aromatic carbocycles. The van der Waals surface area contributed by atoms with Crippen LogP contribution in [0.3, 0.4) is 0 Å². The van der Waals surface area contributed by atoms with Crippen molar-refractivity contribution in [1.82, 2.24) is 19.7 Å². The van der Waals surface area contributed by atoms with Crippen LogP contribution in [0.2, 0.25) is 0 Å². The molecule has 2 heterocycles. The van der Waals surface area contributed by atoms with Gasteiger partial charge in [-0.2, -0.15) is 0 Å². The summed E-state index contributed by atoms with van der Waals surface area (Å²) < 4.78 is 7.09. The van der Waals surface area contributed by atoms with Gasteiger partial charge in [0.2, 0.25) is 5.91 Å². The van der Waals surface area contributed by atoms with Crippen LogP contribution in [0.4, 0.5) is 11.4 Å². The van der Waals surface area contributed by atoms with Crippen LogP contribution in [-0.4, -0.2) is 57.2 Å². The first-order valence-electron chi connectivity index (χ1n) is 9.74. The zero-order valence-electron chi connectivity index (χ0n) is 16.7. The third-order valence-corrected chi connectivity index (χ3v) is 5.27. The van der Waals surface area contributed by atoms with E-state index in [1.165, 1.54) is 19.2 Å². The SMILES string of the molecule is CCn1cnnc1C1CCN(CCC(=O)Nc2ccc(OC)cc2[N+](=O)[O-])CC1. The standard InChI is InChI=1S/C19H26N6O4/c1-3-24-13-20-22-19(24)14-6-9-23(10-7-14)11-8-18(26)21-16-5-4-15(29-2)12-17(16)25(27)28/h4-5,12-14H,3,6-11H2,1-2H3,(H,21,26). The zero-order valence-corrected chi connectivity index (χ0v) is 16.7. The molecule has 29 heavy (non-hydrogen) atoms. The molecule has 1 saturated heterocycles. The number of nitro benzene ring substituents is 1. The number of hydrogen-bond donors (Lipinski definition) is 1. The first-order chi connectivity index (χ1) is 14.0. The molecule has 0 bridgehead atoms. The average Bonchev–Trinajstić information content (AvgIpc) is 3.21. The highest BCUT2D eigenvalue weighted by Gasteiger charge is 2.24. The number of methoxy groups -OCH3 is 1. The lowest BCUT2D eigenvalue weighted by molar-refractivity contribution is -0.384. The van der Waals surface area contributed by atoms with Gasteiger partial charge in [-0.25, -0.2) is 0 Å². The maximum atomic E-state index is 12.3. The molecule has 1 aliphatic heterocycles. The molecule has 10 heteroatoms. The van der Waals surface area contributed by atoms with E-state index in [4.69, 9.17) is 4.74 Å². The number of anilines is 1. The third kappa shape index (κ3) is 5.08. The van der Waals surface area contributed by atoms with Crippen LogP contribution in [0.1, 0.15) is 37.9 Å². The molecule has 0 unspecified atom stereocenters. The predicted octanol–water partition coefficient (Wildman–Crippen LogP) is 2.42. The Kier molecular flexibility index (Phi) is 6.76. The maximum absolute atomic E-state index is 12.3. The topological polar surface area (TPSA) is 115 Å². The fourth-order valence-electron chi connectivity index (χ4n) is 3.61. The quantitative estimate of drug-likeness (QED) is 0.532. The van der Waals surface area contributed by atoms with Crippen LogP contribution in [0.25, 0.3) is 0 Å². The zero-order chi connectivity index (χ0) is 20.8. The number of nitrogens with one attached hydrogen (secondary N) is 1. The lowest BCUT2D eigenvalue weighted by Crippen LogP contribution is -2.35. The van der Waals surface area contributed by atoms with Crippen molar-refractivity contribution in [2.24, 2.45) is 0 Å². The van der Waals surface area contributed by atoms with Gasteiger partial charge in [-0.3, -0.25) is 14.9 Å². The minimum absolute atomic E-state index is 0.179. The Morgan fingerprint density at radius 1 is 1.38 bits per heavy atom. The molecule has 1 aromatic heterocycles. The number of aryl methyl sites for hydroxylation is 1. The van der Waals surface area contributed by atoms with Gasteiger partial charge in [-0.15, -0.1) is 10.2 Å². The van der Waals surface area contributed by atoms with Crippen molar-refractivity contribution in [1.29, 1.82) is 0 Å². The Labute approximate surface area is 169 Å². The molecular formula is C19H26N6O4. The highest BCUT2D eigenvalue weighted by Crippen LogP contribution is 2.29. The number of carbonyl (C=O) groups excluding carboxylic acids is 1. The number of hydrogen-bond acceptors (Lipinski definition) is 7. The molecule has 0 saturated carbocycles. The number of carbonyl (C=O) groups is 1. The predicted molar refractivity (Wildman–Crippen MR) is 107 cm³/mol. The molecule has 1 aliphatic rings. The van der Waals surface area contributed by atoms with Crippen molar-refractivity contribution < 1.29 is 14.5 Å². The smallest absolute Gasteiger partial charge is 0.296 e. The molecule has 3 rings (SSSR count). The number of rotatable bonds is 8. The van der Waals surface area contributed by atoms with Crippen molar-refractivity contribution in [2.45, 2.75) is 38.6 Å².